The number of anilines is 2. The molecule has 0 amide bonds. The molecule has 0 bridgehead atoms. The number of hydrogen-bond acceptors (Lipinski definition) is 6. The summed E-state index contributed by atoms with van der Waals surface area (Å²) in [4.78, 5) is 10.7. The van der Waals surface area contributed by atoms with Crippen molar-refractivity contribution in [1.82, 2.24) is 9.97 Å². The van der Waals surface area contributed by atoms with E-state index in [-0.39, 0.29) is 6.04 Å². The molecular formula is C12H21N5O. The van der Waals surface area contributed by atoms with Gasteiger partial charge in [0.15, 0.2) is 0 Å². The Hall–Kier alpha value is -1.40. The molecule has 4 N–H and O–H groups in total. The highest BCUT2D eigenvalue weighted by Crippen LogP contribution is 2.18. The van der Waals surface area contributed by atoms with Gasteiger partial charge in [-0.15, -0.1) is 0 Å². The van der Waals surface area contributed by atoms with Crippen LogP contribution in [0, 0.1) is 0 Å². The molecule has 1 aromatic rings. The molecule has 2 rings (SSSR count). The number of aliphatic hydroxyl groups is 1. The standard InChI is InChI=1S/C12H21N5O/c1-12(2,18)8-15-11-14-5-3-10(16-11)17-6-4-9(13)7-17/h3,5,9,18H,4,6-8,13H2,1-2H3,(H,14,15,16)/t9-/m1/s1. The summed E-state index contributed by atoms with van der Waals surface area (Å²) in [6.45, 7) is 5.66. The van der Waals surface area contributed by atoms with Crippen molar-refractivity contribution in [3.05, 3.63) is 12.3 Å². The second-order valence-electron chi connectivity index (χ2n) is 5.40. The van der Waals surface area contributed by atoms with Gasteiger partial charge < -0.3 is 21.1 Å². The summed E-state index contributed by atoms with van der Waals surface area (Å²) in [5.74, 6) is 1.42. The number of hydrogen-bond donors (Lipinski definition) is 3. The van der Waals surface area contributed by atoms with E-state index in [1.807, 2.05) is 6.07 Å². The van der Waals surface area contributed by atoms with Crippen molar-refractivity contribution in [3.63, 3.8) is 0 Å². The van der Waals surface area contributed by atoms with Crippen molar-refractivity contribution >= 4 is 11.8 Å². The van der Waals surface area contributed by atoms with E-state index in [1.54, 1.807) is 20.0 Å². The maximum Gasteiger partial charge on any atom is 0.224 e. The molecular weight excluding hydrogens is 230 g/mol. The first-order chi connectivity index (χ1) is 8.44. The minimum atomic E-state index is -0.782. The Morgan fingerprint density at radius 1 is 1.61 bits per heavy atom. The van der Waals surface area contributed by atoms with Crippen molar-refractivity contribution in [2.24, 2.45) is 5.73 Å². The van der Waals surface area contributed by atoms with Gasteiger partial charge in [-0.1, -0.05) is 0 Å². The summed E-state index contributed by atoms with van der Waals surface area (Å²) >= 11 is 0. The molecule has 1 aromatic heterocycles. The molecule has 1 atom stereocenters. The van der Waals surface area contributed by atoms with Crippen LogP contribution in [-0.2, 0) is 0 Å². The number of nitrogens with zero attached hydrogens (tertiary/aromatic N) is 3. The molecule has 2 heterocycles. The minimum Gasteiger partial charge on any atom is -0.389 e. The van der Waals surface area contributed by atoms with Gasteiger partial charge in [-0.2, -0.15) is 4.98 Å². The van der Waals surface area contributed by atoms with Crippen LogP contribution in [0.1, 0.15) is 20.3 Å². The highest BCUT2D eigenvalue weighted by molar-refractivity contribution is 5.43. The van der Waals surface area contributed by atoms with Crippen LogP contribution in [0.25, 0.3) is 0 Å². The minimum absolute atomic E-state index is 0.229. The Morgan fingerprint density at radius 2 is 2.39 bits per heavy atom. The fourth-order valence-corrected chi connectivity index (χ4v) is 1.90. The third kappa shape index (κ3) is 3.54. The lowest BCUT2D eigenvalue weighted by Crippen LogP contribution is -2.30. The maximum absolute atomic E-state index is 9.65. The summed E-state index contributed by atoms with van der Waals surface area (Å²) in [7, 11) is 0. The van der Waals surface area contributed by atoms with Gasteiger partial charge in [-0.25, -0.2) is 4.98 Å². The molecule has 1 saturated heterocycles. The van der Waals surface area contributed by atoms with Crippen LogP contribution in [0.2, 0.25) is 0 Å². The highest BCUT2D eigenvalue weighted by atomic mass is 16.3. The number of rotatable bonds is 4. The van der Waals surface area contributed by atoms with E-state index >= 15 is 0 Å². The molecule has 0 aromatic carbocycles. The molecule has 0 radical (unpaired) electrons. The zero-order chi connectivity index (χ0) is 13.2. The summed E-state index contributed by atoms with van der Waals surface area (Å²) in [6.07, 6.45) is 2.72. The molecule has 1 aliphatic rings. The van der Waals surface area contributed by atoms with Gasteiger partial charge in [0.25, 0.3) is 0 Å². The average molecular weight is 251 g/mol. The van der Waals surface area contributed by atoms with Gasteiger partial charge in [-0.3, -0.25) is 0 Å². The SMILES string of the molecule is CC(C)(O)CNc1nccc(N2CC[C@@H](N)C2)n1. The molecule has 100 valence electrons. The molecule has 1 fully saturated rings. The Bertz CT molecular complexity index is 404. The van der Waals surface area contributed by atoms with Crippen molar-refractivity contribution in [1.29, 1.82) is 0 Å². The predicted molar refractivity (Wildman–Crippen MR) is 71.6 cm³/mol. The van der Waals surface area contributed by atoms with Crippen molar-refractivity contribution in [2.45, 2.75) is 31.9 Å². The Labute approximate surface area is 107 Å². The second kappa shape index (κ2) is 5.07. The molecule has 1 aliphatic heterocycles. The van der Waals surface area contributed by atoms with Gasteiger partial charge in [0.1, 0.15) is 5.82 Å². The Balaban J connectivity index is 2.01. The molecule has 0 unspecified atom stereocenters. The highest BCUT2D eigenvalue weighted by Gasteiger charge is 2.20. The van der Waals surface area contributed by atoms with Crippen LogP contribution in [0.15, 0.2) is 12.3 Å². The molecule has 0 spiro atoms. The van der Waals surface area contributed by atoms with E-state index in [2.05, 4.69) is 20.2 Å². The van der Waals surface area contributed by atoms with Crippen LogP contribution in [0.3, 0.4) is 0 Å². The Morgan fingerprint density at radius 3 is 3.00 bits per heavy atom. The smallest absolute Gasteiger partial charge is 0.224 e. The van der Waals surface area contributed by atoms with Crippen LogP contribution < -0.4 is 16.0 Å². The van der Waals surface area contributed by atoms with E-state index in [0.29, 0.717) is 12.5 Å². The molecule has 0 saturated carbocycles. The first kappa shape index (κ1) is 13.0. The summed E-state index contributed by atoms with van der Waals surface area (Å²) < 4.78 is 0. The number of nitrogens with one attached hydrogen (secondary N) is 1. The molecule has 6 heteroatoms. The topological polar surface area (TPSA) is 87.3 Å². The van der Waals surface area contributed by atoms with E-state index in [0.717, 1.165) is 25.3 Å². The molecule has 18 heavy (non-hydrogen) atoms. The van der Waals surface area contributed by atoms with Crippen molar-refractivity contribution < 1.29 is 5.11 Å². The van der Waals surface area contributed by atoms with Gasteiger partial charge in [0, 0.05) is 31.9 Å². The largest absolute Gasteiger partial charge is 0.389 e. The third-order valence-corrected chi connectivity index (χ3v) is 2.87. The van der Waals surface area contributed by atoms with Gasteiger partial charge in [-0.05, 0) is 26.3 Å². The lowest BCUT2D eigenvalue weighted by Gasteiger charge is -2.19. The summed E-state index contributed by atoms with van der Waals surface area (Å²) in [5, 5.41) is 12.7. The van der Waals surface area contributed by atoms with Gasteiger partial charge in [0.05, 0.1) is 5.60 Å². The van der Waals surface area contributed by atoms with E-state index in [9.17, 15) is 5.11 Å². The first-order valence-corrected chi connectivity index (χ1v) is 6.24. The van der Waals surface area contributed by atoms with Crippen molar-refractivity contribution in [2.75, 3.05) is 29.9 Å². The normalized spacial score (nSPS) is 20.2. The van der Waals surface area contributed by atoms with E-state index < -0.39 is 5.60 Å². The monoisotopic (exact) mass is 251 g/mol. The predicted octanol–water partition coefficient (Wildman–Crippen LogP) is 0.197. The fraction of sp³-hybridized carbons (Fsp3) is 0.667. The van der Waals surface area contributed by atoms with Crippen molar-refractivity contribution in [3.8, 4) is 0 Å². The van der Waals surface area contributed by atoms with Crippen LogP contribution in [0.5, 0.6) is 0 Å². The summed E-state index contributed by atoms with van der Waals surface area (Å²) in [5.41, 5.74) is 5.10. The van der Waals surface area contributed by atoms with Crippen LogP contribution >= 0.6 is 0 Å². The maximum atomic E-state index is 9.65. The fourth-order valence-electron chi connectivity index (χ4n) is 1.90. The second-order valence-corrected chi connectivity index (χ2v) is 5.40. The van der Waals surface area contributed by atoms with Crippen LogP contribution in [0.4, 0.5) is 11.8 Å². The molecule has 6 nitrogen and oxygen atoms in total. The third-order valence-electron chi connectivity index (χ3n) is 2.87. The Kier molecular flexibility index (Phi) is 3.68. The van der Waals surface area contributed by atoms with Gasteiger partial charge in [0.2, 0.25) is 5.95 Å². The lowest BCUT2D eigenvalue weighted by molar-refractivity contribution is 0.0943. The van der Waals surface area contributed by atoms with E-state index in [1.165, 1.54) is 0 Å². The van der Waals surface area contributed by atoms with E-state index in [4.69, 9.17) is 5.73 Å². The number of aromatic nitrogens is 2. The zero-order valence-electron chi connectivity index (χ0n) is 10.9. The lowest BCUT2D eigenvalue weighted by atomic mass is 10.1. The first-order valence-electron chi connectivity index (χ1n) is 6.24. The quantitative estimate of drug-likeness (QED) is 0.708. The summed E-state index contributed by atoms with van der Waals surface area (Å²) in [6, 6.07) is 2.11. The van der Waals surface area contributed by atoms with Gasteiger partial charge >= 0.3 is 0 Å². The molecule has 0 aliphatic carbocycles. The zero-order valence-corrected chi connectivity index (χ0v) is 10.9. The van der Waals surface area contributed by atoms with Crippen LogP contribution in [-0.4, -0.2) is 46.4 Å². The average Bonchev–Trinajstić information content (AvgIpc) is 2.73. The number of nitrogens with two attached hydrogens (primary N) is 1.